The number of nitrogen functional groups attached to an aromatic ring is 1. The topological polar surface area (TPSA) is 81.4 Å². The molecule has 1 heterocycles. The summed E-state index contributed by atoms with van der Waals surface area (Å²) in [6.07, 6.45) is -0.218. The molecule has 0 atom stereocenters. The van der Waals surface area contributed by atoms with Crippen LogP contribution in [0.2, 0.25) is 0 Å². The Balaban J connectivity index is 3.08. The smallest absolute Gasteiger partial charge is 0.341 e. The van der Waals surface area contributed by atoms with Crippen molar-refractivity contribution in [3.05, 3.63) is 16.0 Å². The molecule has 18 heavy (non-hydrogen) atoms. The average molecular weight is 270 g/mol. The van der Waals surface area contributed by atoms with Gasteiger partial charge < -0.3 is 15.8 Å². The van der Waals surface area contributed by atoms with Crippen LogP contribution in [0.15, 0.2) is 0 Å². The van der Waals surface area contributed by atoms with E-state index in [-0.39, 0.29) is 12.0 Å². The molecule has 3 N–H and O–H groups in total. The molecule has 0 spiro atoms. The minimum absolute atomic E-state index is 0.213. The molecule has 1 aromatic heterocycles. The number of ether oxygens (including phenoxy) is 1. The standard InChI is InChI=1S/C12H18N2O3S/c1-5-14-11(15)9-7(4)8(10(13)18-9)12(16)17-6(2)3/h6H,5,13H2,1-4H3,(H,14,15). The lowest BCUT2D eigenvalue weighted by Crippen LogP contribution is -2.22. The summed E-state index contributed by atoms with van der Waals surface area (Å²) in [6.45, 7) is 7.59. The quantitative estimate of drug-likeness (QED) is 0.819. The van der Waals surface area contributed by atoms with Gasteiger partial charge in [0.2, 0.25) is 0 Å². The van der Waals surface area contributed by atoms with Crippen LogP contribution >= 0.6 is 11.3 Å². The van der Waals surface area contributed by atoms with Crippen molar-refractivity contribution in [3.63, 3.8) is 0 Å². The minimum atomic E-state index is -0.480. The molecule has 0 bridgehead atoms. The maximum absolute atomic E-state index is 11.9. The SMILES string of the molecule is CCNC(=O)c1sc(N)c(C(=O)OC(C)C)c1C. The first-order chi connectivity index (χ1) is 8.38. The van der Waals surface area contributed by atoms with Crippen molar-refractivity contribution in [1.29, 1.82) is 0 Å². The number of thiophene rings is 1. The highest BCUT2D eigenvalue weighted by Crippen LogP contribution is 2.31. The van der Waals surface area contributed by atoms with Crippen LogP contribution in [0, 0.1) is 6.92 Å². The fraction of sp³-hybridized carbons (Fsp3) is 0.500. The van der Waals surface area contributed by atoms with E-state index < -0.39 is 5.97 Å². The largest absolute Gasteiger partial charge is 0.459 e. The lowest BCUT2D eigenvalue weighted by Gasteiger charge is -2.08. The average Bonchev–Trinajstić information content (AvgIpc) is 2.53. The predicted octanol–water partition coefficient (Wildman–Crippen LogP) is 1.95. The third-order valence-corrected chi connectivity index (χ3v) is 3.38. The zero-order chi connectivity index (χ0) is 13.9. The normalized spacial score (nSPS) is 10.5. The van der Waals surface area contributed by atoms with E-state index in [0.29, 0.717) is 27.5 Å². The van der Waals surface area contributed by atoms with Crippen molar-refractivity contribution in [2.24, 2.45) is 0 Å². The van der Waals surface area contributed by atoms with Gasteiger partial charge in [-0.05, 0) is 33.3 Å². The Bertz CT molecular complexity index is 466. The van der Waals surface area contributed by atoms with Gasteiger partial charge >= 0.3 is 5.97 Å². The molecule has 0 aliphatic carbocycles. The van der Waals surface area contributed by atoms with Gasteiger partial charge in [-0.1, -0.05) is 0 Å². The van der Waals surface area contributed by atoms with Crippen LogP contribution in [-0.4, -0.2) is 24.5 Å². The van der Waals surface area contributed by atoms with Crippen LogP contribution in [0.3, 0.4) is 0 Å². The second kappa shape index (κ2) is 5.86. The third-order valence-electron chi connectivity index (χ3n) is 2.26. The van der Waals surface area contributed by atoms with Crippen LogP contribution in [0.25, 0.3) is 0 Å². The lowest BCUT2D eigenvalue weighted by molar-refractivity contribution is 0.0379. The van der Waals surface area contributed by atoms with Gasteiger partial charge in [0.05, 0.1) is 16.5 Å². The van der Waals surface area contributed by atoms with Crippen LogP contribution in [0.1, 0.15) is 46.4 Å². The Morgan fingerprint density at radius 3 is 2.56 bits per heavy atom. The number of anilines is 1. The van der Waals surface area contributed by atoms with Gasteiger partial charge in [-0.25, -0.2) is 4.79 Å². The summed E-state index contributed by atoms with van der Waals surface area (Å²) < 4.78 is 5.11. The number of amides is 1. The van der Waals surface area contributed by atoms with E-state index in [9.17, 15) is 9.59 Å². The number of carbonyl (C=O) groups excluding carboxylic acids is 2. The molecule has 0 unspecified atom stereocenters. The molecule has 100 valence electrons. The van der Waals surface area contributed by atoms with Gasteiger partial charge in [0.25, 0.3) is 5.91 Å². The van der Waals surface area contributed by atoms with Crippen molar-refractivity contribution >= 4 is 28.2 Å². The molecular formula is C12H18N2O3S. The summed E-state index contributed by atoms with van der Waals surface area (Å²) in [7, 11) is 0. The number of nitrogens with two attached hydrogens (primary N) is 1. The number of hydrogen-bond donors (Lipinski definition) is 2. The van der Waals surface area contributed by atoms with Crippen LogP contribution in [-0.2, 0) is 4.74 Å². The second-order valence-corrected chi connectivity index (χ2v) is 5.16. The van der Waals surface area contributed by atoms with Crippen molar-refractivity contribution in [3.8, 4) is 0 Å². The first-order valence-corrected chi connectivity index (χ1v) is 6.58. The summed E-state index contributed by atoms with van der Waals surface area (Å²) in [5.74, 6) is -0.693. The van der Waals surface area contributed by atoms with E-state index in [1.165, 1.54) is 0 Å². The molecule has 0 fully saturated rings. The first-order valence-electron chi connectivity index (χ1n) is 5.76. The van der Waals surface area contributed by atoms with Gasteiger partial charge in [0, 0.05) is 6.54 Å². The molecule has 0 saturated heterocycles. The molecular weight excluding hydrogens is 252 g/mol. The molecule has 1 amide bonds. The number of rotatable bonds is 4. The van der Waals surface area contributed by atoms with E-state index in [0.717, 1.165) is 11.3 Å². The van der Waals surface area contributed by atoms with Crippen molar-refractivity contribution < 1.29 is 14.3 Å². The van der Waals surface area contributed by atoms with Crippen molar-refractivity contribution in [1.82, 2.24) is 5.32 Å². The van der Waals surface area contributed by atoms with Crippen LogP contribution < -0.4 is 11.1 Å². The minimum Gasteiger partial charge on any atom is -0.459 e. The van der Waals surface area contributed by atoms with Gasteiger partial charge in [0.15, 0.2) is 0 Å². The fourth-order valence-corrected chi connectivity index (χ4v) is 2.50. The van der Waals surface area contributed by atoms with E-state index in [2.05, 4.69) is 5.32 Å². The Morgan fingerprint density at radius 2 is 2.06 bits per heavy atom. The van der Waals surface area contributed by atoms with E-state index in [1.54, 1.807) is 20.8 Å². The molecule has 0 aliphatic heterocycles. The molecule has 0 aliphatic rings. The lowest BCUT2D eigenvalue weighted by atomic mass is 10.1. The van der Waals surface area contributed by atoms with Gasteiger partial charge in [0.1, 0.15) is 5.00 Å². The second-order valence-electron chi connectivity index (χ2n) is 4.11. The molecule has 0 radical (unpaired) electrons. The van der Waals surface area contributed by atoms with Gasteiger partial charge in [-0.15, -0.1) is 11.3 Å². The summed E-state index contributed by atoms with van der Waals surface area (Å²) in [6, 6.07) is 0. The highest BCUT2D eigenvalue weighted by molar-refractivity contribution is 7.18. The highest BCUT2D eigenvalue weighted by Gasteiger charge is 2.24. The van der Waals surface area contributed by atoms with Crippen LogP contribution in [0.4, 0.5) is 5.00 Å². The Kier molecular flexibility index (Phi) is 4.72. The summed E-state index contributed by atoms with van der Waals surface area (Å²) >= 11 is 1.11. The Hall–Kier alpha value is -1.56. The maximum Gasteiger partial charge on any atom is 0.341 e. The number of carbonyl (C=O) groups is 2. The molecule has 0 saturated carbocycles. The summed E-state index contributed by atoms with van der Waals surface area (Å²) in [5.41, 5.74) is 6.67. The fourth-order valence-electron chi connectivity index (χ4n) is 1.52. The van der Waals surface area contributed by atoms with Crippen molar-refractivity contribution in [2.45, 2.75) is 33.8 Å². The van der Waals surface area contributed by atoms with E-state index in [1.807, 2.05) is 6.92 Å². The summed E-state index contributed by atoms with van der Waals surface area (Å²) in [5, 5.41) is 3.01. The molecule has 1 rings (SSSR count). The predicted molar refractivity (Wildman–Crippen MR) is 72.0 cm³/mol. The highest BCUT2D eigenvalue weighted by atomic mass is 32.1. The van der Waals surface area contributed by atoms with E-state index in [4.69, 9.17) is 10.5 Å². The maximum atomic E-state index is 11.9. The molecule has 5 nitrogen and oxygen atoms in total. The Labute approximate surface area is 110 Å². The van der Waals surface area contributed by atoms with Gasteiger partial charge in [-0.2, -0.15) is 0 Å². The number of nitrogens with one attached hydrogen (secondary N) is 1. The number of hydrogen-bond acceptors (Lipinski definition) is 5. The summed E-state index contributed by atoms with van der Waals surface area (Å²) in [4.78, 5) is 24.1. The van der Waals surface area contributed by atoms with Gasteiger partial charge in [-0.3, -0.25) is 4.79 Å². The molecule has 6 heteroatoms. The zero-order valence-corrected chi connectivity index (χ0v) is 11.8. The Morgan fingerprint density at radius 1 is 1.44 bits per heavy atom. The van der Waals surface area contributed by atoms with Crippen molar-refractivity contribution in [2.75, 3.05) is 12.3 Å². The molecule has 0 aromatic carbocycles. The van der Waals surface area contributed by atoms with E-state index >= 15 is 0 Å². The zero-order valence-electron chi connectivity index (χ0n) is 11.0. The monoisotopic (exact) mass is 270 g/mol. The number of esters is 1. The van der Waals surface area contributed by atoms with Crippen LogP contribution in [0.5, 0.6) is 0 Å². The third kappa shape index (κ3) is 3.01. The molecule has 1 aromatic rings. The first kappa shape index (κ1) is 14.5.